The average Bonchev–Trinajstić information content (AvgIpc) is 2.74. The van der Waals surface area contributed by atoms with E-state index >= 15 is 0 Å². The largest absolute Gasteiger partial charge is 0.320 e. The first kappa shape index (κ1) is 14.2. The number of pyridine rings is 1. The lowest BCUT2D eigenvalue weighted by atomic mass is 10.3. The van der Waals surface area contributed by atoms with Gasteiger partial charge in [-0.1, -0.05) is 23.2 Å². The topological polar surface area (TPSA) is 72.2 Å². The fraction of sp³-hybridized carbons (Fsp3) is 0. The first-order valence-electron chi connectivity index (χ1n) is 5.68. The molecule has 0 radical (unpaired) electrons. The zero-order chi connectivity index (χ0) is 15.0. The summed E-state index contributed by atoms with van der Waals surface area (Å²) in [6.45, 7) is 0. The van der Waals surface area contributed by atoms with Gasteiger partial charge in [0.2, 0.25) is 0 Å². The maximum atomic E-state index is 12.4. The third-order valence-electron chi connectivity index (χ3n) is 2.60. The normalized spacial score (nSPS) is 10.8. The number of imidazole rings is 1. The Bertz CT molecular complexity index is 851. The number of amides is 1. The van der Waals surface area contributed by atoms with Gasteiger partial charge in [-0.3, -0.25) is 4.79 Å². The zero-order valence-electron chi connectivity index (χ0n) is 10.2. The molecular formula is C12H6BrCl2N5O. The number of anilines is 1. The second-order valence-electron chi connectivity index (χ2n) is 4.00. The van der Waals surface area contributed by atoms with Crippen LogP contribution in [-0.4, -0.2) is 25.5 Å². The molecule has 0 unspecified atom stereocenters. The molecule has 1 N–H and O–H groups in total. The van der Waals surface area contributed by atoms with Crippen LogP contribution in [0.5, 0.6) is 0 Å². The molecule has 0 saturated carbocycles. The van der Waals surface area contributed by atoms with E-state index in [-0.39, 0.29) is 16.0 Å². The molecule has 9 heteroatoms. The monoisotopic (exact) mass is 385 g/mol. The van der Waals surface area contributed by atoms with E-state index in [0.29, 0.717) is 15.9 Å². The van der Waals surface area contributed by atoms with Crippen LogP contribution in [0.2, 0.25) is 10.3 Å². The second kappa shape index (κ2) is 5.59. The number of hydrogen-bond donors (Lipinski definition) is 1. The van der Waals surface area contributed by atoms with E-state index in [1.807, 2.05) is 0 Å². The van der Waals surface area contributed by atoms with Crippen molar-refractivity contribution in [2.75, 3.05) is 5.32 Å². The van der Waals surface area contributed by atoms with Crippen molar-refractivity contribution in [1.29, 1.82) is 0 Å². The Morgan fingerprint density at radius 1 is 1.24 bits per heavy atom. The van der Waals surface area contributed by atoms with Gasteiger partial charge < -0.3 is 5.32 Å². The highest BCUT2D eigenvalue weighted by atomic mass is 79.9. The van der Waals surface area contributed by atoms with Gasteiger partial charge in [-0.15, -0.1) is 0 Å². The quantitative estimate of drug-likeness (QED) is 0.684. The van der Waals surface area contributed by atoms with Crippen LogP contribution in [0.25, 0.3) is 5.65 Å². The van der Waals surface area contributed by atoms with Crippen LogP contribution in [0.3, 0.4) is 0 Å². The Kier molecular flexibility index (Phi) is 3.79. The molecule has 21 heavy (non-hydrogen) atoms. The number of halogens is 3. The molecule has 0 aliphatic heterocycles. The molecule has 3 heterocycles. The molecule has 0 saturated heterocycles. The van der Waals surface area contributed by atoms with Crippen molar-refractivity contribution >= 4 is 56.4 Å². The van der Waals surface area contributed by atoms with Gasteiger partial charge in [0.25, 0.3) is 5.91 Å². The second-order valence-corrected chi connectivity index (χ2v) is 5.52. The van der Waals surface area contributed by atoms with E-state index in [2.05, 4.69) is 36.3 Å². The predicted molar refractivity (Wildman–Crippen MR) is 82.9 cm³/mol. The predicted octanol–water partition coefficient (Wildman–Crippen LogP) is 3.45. The molecule has 0 fully saturated rings. The van der Waals surface area contributed by atoms with E-state index in [1.165, 1.54) is 16.8 Å². The van der Waals surface area contributed by atoms with Crippen molar-refractivity contribution < 1.29 is 4.79 Å². The third-order valence-corrected chi connectivity index (χ3v) is 3.56. The van der Waals surface area contributed by atoms with E-state index in [1.54, 1.807) is 18.2 Å². The van der Waals surface area contributed by atoms with Crippen LogP contribution in [-0.2, 0) is 0 Å². The van der Waals surface area contributed by atoms with Gasteiger partial charge in [-0.25, -0.2) is 14.5 Å². The highest BCUT2D eigenvalue weighted by Crippen LogP contribution is 2.21. The molecule has 3 rings (SSSR count). The molecule has 106 valence electrons. The first-order chi connectivity index (χ1) is 10.0. The van der Waals surface area contributed by atoms with Gasteiger partial charge >= 0.3 is 0 Å². The fourth-order valence-corrected chi connectivity index (χ4v) is 2.59. The van der Waals surface area contributed by atoms with Gasteiger partial charge in [-0.05, 0) is 40.2 Å². The van der Waals surface area contributed by atoms with Gasteiger partial charge in [0.15, 0.2) is 11.3 Å². The lowest BCUT2D eigenvalue weighted by Crippen LogP contribution is -2.16. The maximum absolute atomic E-state index is 12.4. The molecule has 0 spiro atoms. The Morgan fingerprint density at radius 2 is 2.05 bits per heavy atom. The number of fused-ring (bicyclic) bond motifs is 1. The lowest BCUT2D eigenvalue weighted by molar-refractivity contribution is 0.101. The highest BCUT2D eigenvalue weighted by Gasteiger charge is 2.19. The summed E-state index contributed by atoms with van der Waals surface area (Å²) in [7, 11) is 0. The molecular weight excluding hydrogens is 381 g/mol. The number of rotatable bonds is 2. The van der Waals surface area contributed by atoms with Crippen LogP contribution >= 0.6 is 39.1 Å². The van der Waals surface area contributed by atoms with E-state index in [0.717, 1.165) is 0 Å². The first-order valence-corrected chi connectivity index (χ1v) is 7.23. The summed E-state index contributed by atoms with van der Waals surface area (Å²) in [6.07, 6.45) is 1.50. The standard InChI is InChI=1S/C12H6BrCl2N5O/c13-11-10(20-9(18-11)2-1-7(14)19-20)12(21)17-6-3-4-16-8(15)5-6/h1-5H,(H,16,17,21). The SMILES string of the molecule is O=C(Nc1ccnc(Cl)c1)c1c(Br)nc2ccc(Cl)nn12. The minimum Gasteiger partial charge on any atom is -0.320 e. The van der Waals surface area contributed by atoms with Crippen molar-refractivity contribution in [2.24, 2.45) is 0 Å². The van der Waals surface area contributed by atoms with Gasteiger partial charge in [0.05, 0.1) is 0 Å². The number of carbonyl (C=O) groups is 1. The summed E-state index contributed by atoms with van der Waals surface area (Å²) >= 11 is 14.9. The molecule has 0 aliphatic rings. The van der Waals surface area contributed by atoms with Crippen LogP contribution < -0.4 is 5.32 Å². The lowest BCUT2D eigenvalue weighted by Gasteiger charge is -2.05. The summed E-state index contributed by atoms with van der Waals surface area (Å²) < 4.78 is 1.74. The van der Waals surface area contributed by atoms with E-state index in [4.69, 9.17) is 23.2 Å². The van der Waals surface area contributed by atoms with Crippen molar-refractivity contribution in [1.82, 2.24) is 19.6 Å². The van der Waals surface area contributed by atoms with Crippen molar-refractivity contribution in [3.05, 3.63) is 51.1 Å². The Labute approximate surface area is 137 Å². The molecule has 0 atom stereocenters. The van der Waals surface area contributed by atoms with Crippen molar-refractivity contribution in [3.63, 3.8) is 0 Å². The molecule has 3 aromatic heterocycles. The summed E-state index contributed by atoms with van der Waals surface area (Å²) in [5.74, 6) is -0.397. The number of nitrogens with one attached hydrogen (secondary N) is 1. The number of aromatic nitrogens is 4. The molecule has 0 aromatic carbocycles. The Hall–Kier alpha value is -1.70. The summed E-state index contributed by atoms with van der Waals surface area (Å²) in [6, 6.07) is 6.43. The third kappa shape index (κ3) is 2.85. The number of carbonyl (C=O) groups excluding carboxylic acids is 1. The smallest absolute Gasteiger partial charge is 0.277 e. The number of nitrogens with zero attached hydrogens (tertiary/aromatic N) is 4. The van der Waals surface area contributed by atoms with Gasteiger partial charge in [-0.2, -0.15) is 5.10 Å². The maximum Gasteiger partial charge on any atom is 0.277 e. The molecule has 0 aliphatic carbocycles. The fourth-order valence-electron chi connectivity index (χ4n) is 1.74. The van der Waals surface area contributed by atoms with Gasteiger partial charge in [0, 0.05) is 11.9 Å². The van der Waals surface area contributed by atoms with Gasteiger partial charge in [0.1, 0.15) is 14.9 Å². The van der Waals surface area contributed by atoms with E-state index in [9.17, 15) is 4.79 Å². The van der Waals surface area contributed by atoms with Crippen LogP contribution in [0.1, 0.15) is 10.5 Å². The minimum atomic E-state index is -0.397. The van der Waals surface area contributed by atoms with Crippen LogP contribution in [0.15, 0.2) is 35.1 Å². The average molecular weight is 387 g/mol. The zero-order valence-corrected chi connectivity index (χ0v) is 13.3. The minimum absolute atomic E-state index is 0.237. The van der Waals surface area contributed by atoms with Crippen LogP contribution in [0.4, 0.5) is 5.69 Å². The Balaban J connectivity index is 2.01. The Morgan fingerprint density at radius 3 is 2.81 bits per heavy atom. The molecule has 3 aromatic rings. The van der Waals surface area contributed by atoms with Crippen molar-refractivity contribution in [3.8, 4) is 0 Å². The number of hydrogen-bond acceptors (Lipinski definition) is 4. The molecule has 0 bridgehead atoms. The van der Waals surface area contributed by atoms with Crippen LogP contribution in [0, 0.1) is 0 Å². The molecule has 6 nitrogen and oxygen atoms in total. The van der Waals surface area contributed by atoms with Crippen molar-refractivity contribution in [2.45, 2.75) is 0 Å². The molecule has 1 amide bonds. The summed E-state index contributed by atoms with van der Waals surface area (Å²) in [5.41, 5.74) is 1.26. The van der Waals surface area contributed by atoms with E-state index < -0.39 is 5.91 Å². The highest BCUT2D eigenvalue weighted by molar-refractivity contribution is 9.10. The summed E-state index contributed by atoms with van der Waals surface area (Å²) in [5, 5.41) is 7.31. The summed E-state index contributed by atoms with van der Waals surface area (Å²) in [4.78, 5) is 20.4.